The van der Waals surface area contributed by atoms with Crippen molar-refractivity contribution in [1.82, 2.24) is 9.97 Å². The second-order valence-electron chi connectivity index (χ2n) is 6.20. The highest BCUT2D eigenvalue weighted by Gasteiger charge is 2.03. The molecule has 0 amide bonds. The molecule has 0 saturated heterocycles. The first-order chi connectivity index (χ1) is 15.1. The van der Waals surface area contributed by atoms with Gasteiger partial charge in [-0.2, -0.15) is 0 Å². The molecule has 31 heavy (non-hydrogen) atoms. The number of aromatic nitrogens is 2. The average Bonchev–Trinajstić information content (AvgIpc) is 2.82. The van der Waals surface area contributed by atoms with Crippen molar-refractivity contribution in [3.63, 3.8) is 0 Å². The summed E-state index contributed by atoms with van der Waals surface area (Å²) in [5, 5.41) is 0. The smallest absolute Gasteiger partial charge is 0.166 e. The predicted octanol–water partition coefficient (Wildman–Crippen LogP) is 5.80. The number of rotatable bonds is 4. The number of anilines is 1. The van der Waals surface area contributed by atoms with Crippen LogP contribution in [0.1, 0.15) is 11.3 Å². The number of hydrogen-bond donors (Lipinski definition) is 1. The topological polar surface area (TPSA) is 70.3 Å². The van der Waals surface area contributed by atoms with Crippen LogP contribution < -0.4 is 15.2 Å². The Labute approximate surface area is 192 Å². The van der Waals surface area contributed by atoms with Crippen molar-refractivity contribution in [2.24, 2.45) is 0 Å². The van der Waals surface area contributed by atoms with E-state index in [4.69, 9.17) is 15.2 Å². The van der Waals surface area contributed by atoms with E-state index in [1.54, 1.807) is 38.7 Å². The van der Waals surface area contributed by atoms with Crippen LogP contribution in [0.25, 0.3) is 0 Å². The fourth-order valence-electron chi connectivity index (χ4n) is 2.52. The van der Waals surface area contributed by atoms with Gasteiger partial charge in [0.15, 0.2) is 11.6 Å². The van der Waals surface area contributed by atoms with E-state index in [-0.39, 0.29) is 0 Å². The SMILES string of the molecule is Brc1ccccc1.COc1cccnc1Cc1ccccc1.COc1cccnc1N. The summed E-state index contributed by atoms with van der Waals surface area (Å²) in [6.07, 6.45) is 4.23. The van der Waals surface area contributed by atoms with Gasteiger partial charge < -0.3 is 15.2 Å². The molecule has 0 saturated carbocycles. The molecular weight excluding hydrogens is 454 g/mol. The van der Waals surface area contributed by atoms with Crippen molar-refractivity contribution in [3.05, 3.63) is 113 Å². The highest BCUT2D eigenvalue weighted by molar-refractivity contribution is 9.10. The number of hydrogen-bond acceptors (Lipinski definition) is 5. The number of pyridine rings is 2. The Balaban J connectivity index is 0.000000181. The lowest BCUT2D eigenvalue weighted by Gasteiger charge is -2.06. The van der Waals surface area contributed by atoms with E-state index < -0.39 is 0 Å². The molecule has 160 valence electrons. The quantitative estimate of drug-likeness (QED) is 0.400. The zero-order chi connectivity index (χ0) is 22.3. The van der Waals surface area contributed by atoms with Crippen molar-refractivity contribution < 1.29 is 9.47 Å². The first kappa shape index (κ1) is 23.9. The fourth-order valence-corrected chi connectivity index (χ4v) is 2.83. The summed E-state index contributed by atoms with van der Waals surface area (Å²) in [5.74, 6) is 1.90. The van der Waals surface area contributed by atoms with Gasteiger partial charge in [-0.25, -0.2) is 4.98 Å². The first-order valence-electron chi connectivity index (χ1n) is 9.61. The van der Waals surface area contributed by atoms with Crippen molar-refractivity contribution in [3.8, 4) is 11.5 Å². The normalized spacial score (nSPS) is 9.39. The van der Waals surface area contributed by atoms with Crippen molar-refractivity contribution in [2.45, 2.75) is 6.42 Å². The second-order valence-corrected chi connectivity index (χ2v) is 7.12. The lowest BCUT2D eigenvalue weighted by molar-refractivity contribution is 0.408. The van der Waals surface area contributed by atoms with E-state index in [9.17, 15) is 0 Å². The molecule has 0 bridgehead atoms. The number of ether oxygens (including phenoxy) is 2. The third kappa shape index (κ3) is 8.88. The van der Waals surface area contributed by atoms with Gasteiger partial charge in [0.1, 0.15) is 5.75 Å². The molecule has 0 unspecified atom stereocenters. The van der Waals surface area contributed by atoms with Gasteiger partial charge in [-0.05, 0) is 42.0 Å². The summed E-state index contributed by atoms with van der Waals surface area (Å²) >= 11 is 3.31. The summed E-state index contributed by atoms with van der Waals surface area (Å²) in [6, 6.07) is 27.6. The van der Waals surface area contributed by atoms with Crippen LogP contribution in [-0.4, -0.2) is 24.2 Å². The molecule has 0 radical (unpaired) electrons. The first-order valence-corrected chi connectivity index (χ1v) is 10.4. The summed E-state index contributed by atoms with van der Waals surface area (Å²) < 4.78 is 11.2. The van der Waals surface area contributed by atoms with Crippen LogP contribution in [0, 0.1) is 0 Å². The van der Waals surface area contributed by atoms with Crippen LogP contribution in [-0.2, 0) is 6.42 Å². The molecule has 4 rings (SSSR count). The molecule has 0 fully saturated rings. The van der Waals surface area contributed by atoms with Crippen molar-refractivity contribution >= 4 is 21.7 Å². The van der Waals surface area contributed by atoms with Gasteiger partial charge in [0.05, 0.1) is 19.9 Å². The second kappa shape index (κ2) is 13.8. The molecule has 0 spiro atoms. The molecule has 2 heterocycles. The number of nitrogens with two attached hydrogens (primary N) is 1. The van der Waals surface area contributed by atoms with Gasteiger partial charge >= 0.3 is 0 Å². The molecule has 2 N–H and O–H groups in total. The Bertz CT molecular complexity index is 1020. The van der Waals surface area contributed by atoms with E-state index in [2.05, 4.69) is 38.0 Å². The predicted molar refractivity (Wildman–Crippen MR) is 129 cm³/mol. The van der Waals surface area contributed by atoms with Gasteiger partial charge in [-0.3, -0.25) is 4.98 Å². The lowest BCUT2D eigenvalue weighted by atomic mass is 10.1. The molecule has 6 heteroatoms. The largest absolute Gasteiger partial charge is 0.495 e. The molecule has 0 atom stereocenters. The number of nitrogens with zero attached hydrogens (tertiary/aromatic N) is 2. The Kier molecular flexibility index (Phi) is 10.6. The van der Waals surface area contributed by atoms with Crippen molar-refractivity contribution in [2.75, 3.05) is 20.0 Å². The highest BCUT2D eigenvalue weighted by atomic mass is 79.9. The number of halogens is 1. The fraction of sp³-hybridized carbons (Fsp3) is 0.120. The number of nitrogen functional groups attached to an aromatic ring is 1. The third-order valence-electron chi connectivity index (χ3n) is 4.04. The summed E-state index contributed by atoms with van der Waals surface area (Å²) in [4.78, 5) is 8.12. The molecule has 4 aromatic rings. The monoisotopic (exact) mass is 479 g/mol. The maximum Gasteiger partial charge on any atom is 0.166 e. The van der Waals surface area contributed by atoms with Gasteiger partial charge in [-0.15, -0.1) is 0 Å². The van der Waals surface area contributed by atoms with Crippen LogP contribution >= 0.6 is 15.9 Å². The zero-order valence-electron chi connectivity index (χ0n) is 17.6. The van der Waals surface area contributed by atoms with Crippen LogP contribution in [0.3, 0.4) is 0 Å². The van der Waals surface area contributed by atoms with Crippen LogP contribution in [0.15, 0.2) is 102 Å². The molecule has 0 aliphatic rings. The Morgan fingerprint density at radius 2 is 1.26 bits per heavy atom. The van der Waals surface area contributed by atoms with E-state index >= 15 is 0 Å². The van der Waals surface area contributed by atoms with Crippen LogP contribution in [0.2, 0.25) is 0 Å². The van der Waals surface area contributed by atoms with E-state index in [0.717, 1.165) is 22.3 Å². The standard InChI is InChI=1S/C13H13NO.C6H5Br.C6H8N2O/c1-15-13-8-5-9-14-12(13)10-11-6-3-2-4-7-11;7-6-4-2-1-3-5-6;1-9-5-3-2-4-8-6(5)7/h2-9H,10H2,1H3;1-5H;2-4H,1H3,(H2,7,8). The Hall–Kier alpha value is -3.38. The summed E-state index contributed by atoms with van der Waals surface area (Å²) in [7, 11) is 3.24. The minimum absolute atomic E-state index is 0.431. The lowest BCUT2D eigenvalue weighted by Crippen LogP contribution is -1.96. The zero-order valence-corrected chi connectivity index (χ0v) is 19.2. The Morgan fingerprint density at radius 3 is 1.74 bits per heavy atom. The molecule has 0 aliphatic carbocycles. The van der Waals surface area contributed by atoms with Gasteiger partial charge in [0.2, 0.25) is 0 Å². The maximum absolute atomic E-state index is 5.39. The number of benzene rings is 2. The van der Waals surface area contributed by atoms with E-state index in [0.29, 0.717) is 11.6 Å². The molecule has 2 aromatic carbocycles. The van der Waals surface area contributed by atoms with Crippen LogP contribution in [0.5, 0.6) is 11.5 Å². The van der Waals surface area contributed by atoms with E-state index in [1.807, 2.05) is 60.7 Å². The molecule has 2 aromatic heterocycles. The van der Waals surface area contributed by atoms with Gasteiger partial charge in [0, 0.05) is 23.3 Å². The minimum atomic E-state index is 0.431. The van der Waals surface area contributed by atoms with Crippen LogP contribution in [0.4, 0.5) is 5.82 Å². The number of methoxy groups -OCH3 is 2. The van der Waals surface area contributed by atoms with E-state index in [1.165, 1.54) is 5.56 Å². The average molecular weight is 480 g/mol. The van der Waals surface area contributed by atoms with Gasteiger partial charge in [-0.1, -0.05) is 64.5 Å². The maximum atomic E-state index is 5.39. The highest BCUT2D eigenvalue weighted by Crippen LogP contribution is 2.18. The molecule has 0 aliphatic heterocycles. The van der Waals surface area contributed by atoms with Gasteiger partial charge in [0.25, 0.3) is 0 Å². The van der Waals surface area contributed by atoms with Crippen molar-refractivity contribution in [1.29, 1.82) is 0 Å². The Morgan fingerprint density at radius 1 is 0.710 bits per heavy atom. The summed E-state index contributed by atoms with van der Waals surface area (Å²) in [5.41, 5.74) is 7.62. The molecular formula is C25H26BrN3O2. The summed E-state index contributed by atoms with van der Waals surface area (Å²) in [6.45, 7) is 0. The molecule has 5 nitrogen and oxygen atoms in total. The third-order valence-corrected chi connectivity index (χ3v) is 4.56. The minimum Gasteiger partial charge on any atom is -0.495 e.